The highest BCUT2D eigenvalue weighted by Crippen LogP contribution is 2.39. The number of rotatable bonds is 2. The number of carbonyl (C=O) groups is 1. The smallest absolute Gasteiger partial charge is 0.268 e. The second kappa shape index (κ2) is 5.88. The van der Waals surface area contributed by atoms with Gasteiger partial charge >= 0.3 is 0 Å². The molecule has 3 rings (SSSR count). The molecule has 0 aromatic carbocycles. The molecule has 5 heteroatoms. The van der Waals surface area contributed by atoms with E-state index in [1.54, 1.807) is 11.6 Å². The quantitative estimate of drug-likeness (QED) is 0.908. The zero-order chi connectivity index (χ0) is 15.7. The Bertz CT molecular complexity index is 629. The first-order valence-electron chi connectivity index (χ1n) is 8.12. The Morgan fingerprint density at radius 3 is 2.77 bits per heavy atom. The zero-order valence-corrected chi connectivity index (χ0v) is 13.4. The lowest BCUT2D eigenvalue weighted by Crippen LogP contribution is -2.39. The summed E-state index contributed by atoms with van der Waals surface area (Å²) in [4.78, 5) is 24.1. The standard InChI is InChI=1S/C17H24N2O3/c1-12-8-14(20)9-15(19(12)2)16(21)18-13-10-17(22-11-13)6-4-3-5-7-17/h8-9,13H,3-7,10-11H2,1-2H3,(H,18,21)/t13-/m0/s1. The fourth-order valence-electron chi connectivity index (χ4n) is 3.72. The van der Waals surface area contributed by atoms with E-state index in [0.29, 0.717) is 12.3 Å². The molecule has 22 heavy (non-hydrogen) atoms. The van der Waals surface area contributed by atoms with Crippen LogP contribution in [-0.2, 0) is 11.8 Å². The molecule has 1 aliphatic heterocycles. The molecule has 120 valence electrons. The molecule has 2 aliphatic rings. The van der Waals surface area contributed by atoms with Gasteiger partial charge in [0.15, 0.2) is 5.43 Å². The summed E-state index contributed by atoms with van der Waals surface area (Å²) in [5.74, 6) is -0.190. The number of carbonyl (C=O) groups excluding carboxylic acids is 1. The fourth-order valence-corrected chi connectivity index (χ4v) is 3.72. The predicted molar refractivity (Wildman–Crippen MR) is 84.1 cm³/mol. The van der Waals surface area contributed by atoms with E-state index in [2.05, 4.69) is 5.32 Å². The molecule has 1 aromatic rings. The van der Waals surface area contributed by atoms with Crippen molar-refractivity contribution in [1.82, 2.24) is 9.88 Å². The number of aromatic nitrogens is 1. The highest BCUT2D eigenvalue weighted by molar-refractivity contribution is 5.92. The Morgan fingerprint density at radius 2 is 2.05 bits per heavy atom. The summed E-state index contributed by atoms with van der Waals surface area (Å²) in [5.41, 5.74) is 1.04. The van der Waals surface area contributed by atoms with Gasteiger partial charge in [0, 0.05) is 24.9 Å². The Hall–Kier alpha value is -1.62. The molecule has 1 atom stereocenters. The highest BCUT2D eigenvalue weighted by Gasteiger charge is 2.41. The summed E-state index contributed by atoms with van der Waals surface area (Å²) in [6.45, 7) is 2.40. The Kier molecular flexibility index (Phi) is 4.08. The van der Waals surface area contributed by atoms with Crippen LogP contribution in [0.3, 0.4) is 0 Å². The average Bonchev–Trinajstić information content (AvgIpc) is 2.85. The van der Waals surface area contributed by atoms with E-state index in [-0.39, 0.29) is 23.0 Å². The lowest BCUT2D eigenvalue weighted by atomic mass is 9.82. The third kappa shape index (κ3) is 2.95. The van der Waals surface area contributed by atoms with Crippen molar-refractivity contribution in [3.63, 3.8) is 0 Å². The average molecular weight is 304 g/mol. The van der Waals surface area contributed by atoms with Gasteiger partial charge in [-0.05, 0) is 26.2 Å². The lowest BCUT2D eigenvalue weighted by molar-refractivity contribution is -0.0246. The minimum absolute atomic E-state index is 0.0192. The van der Waals surface area contributed by atoms with Gasteiger partial charge in [-0.25, -0.2) is 0 Å². The maximum atomic E-state index is 12.5. The second-order valence-electron chi connectivity index (χ2n) is 6.71. The number of hydrogen-bond donors (Lipinski definition) is 1. The van der Waals surface area contributed by atoms with E-state index in [0.717, 1.165) is 25.0 Å². The molecule has 0 bridgehead atoms. The number of nitrogens with zero attached hydrogens (tertiary/aromatic N) is 1. The largest absolute Gasteiger partial charge is 0.373 e. The normalized spacial score (nSPS) is 23.6. The molecule has 0 radical (unpaired) electrons. The van der Waals surface area contributed by atoms with Crippen molar-refractivity contribution >= 4 is 5.91 Å². The van der Waals surface area contributed by atoms with Crippen LogP contribution in [-0.4, -0.2) is 28.7 Å². The first-order chi connectivity index (χ1) is 10.5. The van der Waals surface area contributed by atoms with Gasteiger partial charge in [0.2, 0.25) is 0 Å². The van der Waals surface area contributed by atoms with Crippen LogP contribution < -0.4 is 10.7 Å². The van der Waals surface area contributed by atoms with Crippen molar-refractivity contribution in [3.05, 3.63) is 33.7 Å². The first-order valence-corrected chi connectivity index (χ1v) is 8.12. The number of hydrogen-bond acceptors (Lipinski definition) is 3. The molecule has 0 unspecified atom stereocenters. The van der Waals surface area contributed by atoms with Gasteiger partial charge in [0.25, 0.3) is 5.91 Å². The topological polar surface area (TPSA) is 60.3 Å². The molecule has 2 heterocycles. The molecular formula is C17H24N2O3. The highest BCUT2D eigenvalue weighted by atomic mass is 16.5. The Balaban J connectivity index is 1.69. The minimum Gasteiger partial charge on any atom is -0.373 e. The lowest BCUT2D eigenvalue weighted by Gasteiger charge is -2.32. The van der Waals surface area contributed by atoms with Crippen LogP contribution in [0.4, 0.5) is 0 Å². The first kappa shape index (κ1) is 15.3. The molecule has 5 nitrogen and oxygen atoms in total. The van der Waals surface area contributed by atoms with Crippen molar-refractivity contribution in [1.29, 1.82) is 0 Å². The molecule has 2 fully saturated rings. The van der Waals surface area contributed by atoms with E-state index in [9.17, 15) is 9.59 Å². The van der Waals surface area contributed by atoms with Crippen molar-refractivity contribution in [2.75, 3.05) is 6.61 Å². The maximum Gasteiger partial charge on any atom is 0.268 e. The van der Waals surface area contributed by atoms with E-state index in [1.165, 1.54) is 31.4 Å². The maximum absolute atomic E-state index is 12.5. The molecule has 1 aliphatic carbocycles. The summed E-state index contributed by atoms with van der Waals surface area (Å²) in [7, 11) is 1.80. The Labute approximate surface area is 130 Å². The van der Waals surface area contributed by atoms with Gasteiger partial charge in [-0.2, -0.15) is 0 Å². The van der Waals surface area contributed by atoms with Gasteiger partial charge in [0.05, 0.1) is 18.2 Å². The molecule has 1 spiro atoms. The fraction of sp³-hybridized carbons (Fsp3) is 0.647. The zero-order valence-electron chi connectivity index (χ0n) is 13.4. The van der Waals surface area contributed by atoms with Crippen LogP contribution in [0.2, 0.25) is 0 Å². The summed E-state index contributed by atoms with van der Waals surface area (Å²) < 4.78 is 7.78. The molecule has 1 saturated carbocycles. The number of nitrogens with one attached hydrogen (secondary N) is 1. The molecule has 1 aromatic heterocycles. The number of aryl methyl sites for hydroxylation is 1. The van der Waals surface area contributed by atoms with E-state index in [1.807, 2.05) is 6.92 Å². The van der Waals surface area contributed by atoms with Gasteiger partial charge in [0.1, 0.15) is 5.69 Å². The SMILES string of the molecule is Cc1cc(=O)cc(C(=O)N[C@@H]2COC3(CCCCC3)C2)n1C. The van der Waals surface area contributed by atoms with Crippen molar-refractivity contribution in [2.45, 2.75) is 57.1 Å². The van der Waals surface area contributed by atoms with Crippen LogP contribution in [0.1, 0.15) is 54.7 Å². The third-order valence-electron chi connectivity index (χ3n) is 5.06. The molecule has 1 saturated heterocycles. The van der Waals surface area contributed by atoms with Crippen LogP contribution in [0.15, 0.2) is 16.9 Å². The van der Waals surface area contributed by atoms with E-state index >= 15 is 0 Å². The monoisotopic (exact) mass is 304 g/mol. The molecule has 1 N–H and O–H groups in total. The van der Waals surface area contributed by atoms with Gasteiger partial charge in [-0.1, -0.05) is 19.3 Å². The van der Waals surface area contributed by atoms with Gasteiger partial charge in [-0.15, -0.1) is 0 Å². The van der Waals surface area contributed by atoms with Crippen LogP contribution in [0.25, 0.3) is 0 Å². The van der Waals surface area contributed by atoms with E-state index in [4.69, 9.17) is 4.74 Å². The summed E-state index contributed by atoms with van der Waals surface area (Å²) >= 11 is 0. The number of ether oxygens (including phenoxy) is 1. The summed E-state index contributed by atoms with van der Waals surface area (Å²) in [6, 6.07) is 2.97. The minimum atomic E-state index is -0.190. The van der Waals surface area contributed by atoms with Crippen LogP contribution in [0, 0.1) is 6.92 Å². The number of pyridine rings is 1. The Morgan fingerprint density at radius 1 is 1.32 bits per heavy atom. The van der Waals surface area contributed by atoms with Crippen LogP contribution >= 0.6 is 0 Å². The second-order valence-corrected chi connectivity index (χ2v) is 6.71. The third-order valence-corrected chi connectivity index (χ3v) is 5.06. The molecule has 1 amide bonds. The molecular weight excluding hydrogens is 280 g/mol. The number of amides is 1. The van der Waals surface area contributed by atoms with Crippen LogP contribution in [0.5, 0.6) is 0 Å². The van der Waals surface area contributed by atoms with Crippen molar-refractivity contribution < 1.29 is 9.53 Å². The van der Waals surface area contributed by atoms with E-state index < -0.39 is 0 Å². The van der Waals surface area contributed by atoms with Gasteiger partial charge in [-0.3, -0.25) is 9.59 Å². The van der Waals surface area contributed by atoms with Crippen molar-refractivity contribution in [2.24, 2.45) is 7.05 Å². The summed E-state index contributed by atoms with van der Waals surface area (Å²) in [5, 5.41) is 3.04. The summed E-state index contributed by atoms with van der Waals surface area (Å²) in [6.07, 6.45) is 6.80. The van der Waals surface area contributed by atoms with Gasteiger partial charge < -0.3 is 14.6 Å². The predicted octanol–water partition coefficient (Wildman–Crippen LogP) is 1.92. The van der Waals surface area contributed by atoms with Crippen molar-refractivity contribution in [3.8, 4) is 0 Å².